The van der Waals surface area contributed by atoms with Gasteiger partial charge in [-0.05, 0) is 71.6 Å². The maximum absolute atomic E-state index is 10.8. The molecule has 3 heterocycles. The Hall–Kier alpha value is -3.13. The van der Waals surface area contributed by atoms with E-state index in [1.165, 1.54) is 0 Å². The summed E-state index contributed by atoms with van der Waals surface area (Å²) in [7, 11) is 0. The fraction of sp³-hybridized carbons (Fsp3) is 0.276. The van der Waals surface area contributed by atoms with Gasteiger partial charge in [0.1, 0.15) is 0 Å². The van der Waals surface area contributed by atoms with Crippen molar-refractivity contribution >= 4 is 32.6 Å². The van der Waals surface area contributed by atoms with Crippen LogP contribution in [0.5, 0.6) is 0 Å². The molecule has 3 N–H and O–H groups in total. The second kappa shape index (κ2) is 7.68. The third-order valence-corrected chi connectivity index (χ3v) is 8.85. The Balaban J connectivity index is 1.36. The highest BCUT2D eigenvalue weighted by Crippen LogP contribution is 2.57. The van der Waals surface area contributed by atoms with Gasteiger partial charge in [-0.1, -0.05) is 54.6 Å². The summed E-state index contributed by atoms with van der Waals surface area (Å²) in [4.78, 5) is 9.78. The predicted octanol–water partition coefficient (Wildman–Crippen LogP) is 5.77. The average molecular weight is 540 g/mol. The van der Waals surface area contributed by atoms with Gasteiger partial charge in [-0.15, -0.1) is 0 Å². The zero-order valence-corrected chi connectivity index (χ0v) is 21.5. The van der Waals surface area contributed by atoms with Crippen molar-refractivity contribution in [2.45, 2.75) is 43.7 Å². The van der Waals surface area contributed by atoms with Crippen LogP contribution < -0.4 is 5.73 Å². The molecule has 2 fully saturated rings. The molecule has 36 heavy (non-hydrogen) atoms. The van der Waals surface area contributed by atoms with Gasteiger partial charge in [0, 0.05) is 28.2 Å². The molecule has 7 heteroatoms. The normalized spacial score (nSPS) is 23.8. The fourth-order valence-corrected chi connectivity index (χ4v) is 6.19. The first-order valence-electron chi connectivity index (χ1n) is 12.4. The molecule has 0 amide bonds. The van der Waals surface area contributed by atoms with Gasteiger partial charge in [-0.25, -0.2) is 9.97 Å². The molecule has 2 aliphatic rings. The van der Waals surface area contributed by atoms with Gasteiger partial charge in [-0.2, -0.15) is 9.61 Å². The summed E-state index contributed by atoms with van der Waals surface area (Å²) in [6.45, 7) is 1.95. The van der Waals surface area contributed by atoms with Gasteiger partial charge in [-0.3, -0.25) is 0 Å². The summed E-state index contributed by atoms with van der Waals surface area (Å²) in [5.74, 6) is 0.431. The predicted molar refractivity (Wildman–Crippen MR) is 144 cm³/mol. The molecule has 6 nitrogen and oxygen atoms in total. The Morgan fingerprint density at radius 2 is 1.72 bits per heavy atom. The van der Waals surface area contributed by atoms with Gasteiger partial charge in [0.25, 0.3) is 0 Å². The number of fused-ring (bicyclic) bond motifs is 3. The van der Waals surface area contributed by atoms with Crippen molar-refractivity contribution in [1.82, 2.24) is 19.6 Å². The lowest BCUT2D eigenvalue weighted by Gasteiger charge is -2.52. The molecule has 0 radical (unpaired) electrons. The molecule has 0 unspecified atom stereocenters. The maximum Gasteiger partial charge on any atom is 0.172 e. The molecule has 0 spiro atoms. The number of nitrogens with two attached hydrogens (primary N) is 1. The van der Waals surface area contributed by atoms with Crippen molar-refractivity contribution in [2.75, 3.05) is 0 Å². The summed E-state index contributed by atoms with van der Waals surface area (Å²) in [6, 6.07) is 20.8. The molecule has 0 aliphatic heterocycles. The van der Waals surface area contributed by atoms with Crippen molar-refractivity contribution in [3.05, 3.63) is 82.6 Å². The highest BCUT2D eigenvalue weighted by molar-refractivity contribution is 9.10. The molecule has 7 rings (SSSR count). The molecule has 2 saturated carbocycles. The van der Waals surface area contributed by atoms with E-state index < -0.39 is 11.1 Å². The molecule has 5 aromatic rings. The fourth-order valence-electron chi connectivity index (χ4n) is 5.84. The lowest BCUT2D eigenvalue weighted by atomic mass is 9.60. The third kappa shape index (κ3) is 3.34. The number of benzene rings is 2. The standard InChI is InChI=1S/C29H26BrN5O/c1-17-24(30)27-32-14-20-13-23(18-5-3-2-4-6-18)25(33-26(20)35(27)34-17)19-7-9-21(10-8-19)28(31)15-29(36,16-28)22-11-12-22/h2-10,13-14,22,36H,11-12,15-16,31H2,1H3/t28-,29+. The number of hydrogen-bond acceptors (Lipinski definition) is 5. The topological polar surface area (TPSA) is 89.3 Å². The Morgan fingerprint density at radius 3 is 2.42 bits per heavy atom. The van der Waals surface area contributed by atoms with Gasteiger partial charge >= 0.3 is 0 Å². The molecule has 0 atom stereocenters. The van der Waals surface area contributed by atoms with E-state index in [4.69, 9.17) is 10.7 Å². The molecule has 2 aromatic carbocycles. The summed E-state index contributed by atoms with van der Waals surface area (Å²) >= 11 is 3.61. The van der Waals surface area contributed by atoms with E-state index in [0.717, 1.165) is 67.6 Å². The maximum atomic E-state index is 10.8. The molecule has 0 saturated heterocycles. The number of pyridine rings is 1. The number of aliphatic hydroxyl groups is 1. The van der Waals surface area contributed by atoms with Crippen LogP contribution in [0.15, 0.2) is 71.3 Å². The number of aryl methyl sites for hydroxylation is 1. The average Bonchev–Trinajstić information content (AvgIpc) is 3.70. The Morgan fingerprint density at radius 1 is 1.00 bits per heavy atom. The van der Waals surface area contributed by atoms with Gasteiger partial charge in [0.05, 0.1) is 21.5 Å². The second-order valence-electron chi connectivity index (χ2n) is 10.5. The first-order chi connectivity index (χ1) is 17.3. The van der Waals surface area contributed by atoms with Crippen LogP contribution in [-0.2, 0) is 5.54 Å². The van der Waals surface area contributed by atoms with E-state index in [1.807, 2.05) is 35.8 Å². The Labute approximate surface area is 217 Å². The van der Waals surface area contributed by atoms with Crippen molar-refractivity contribution in [3.63, 3.8) is 0 Å². The molecule has 2 aliphatic carbocycles. The first-order valence-corrected chi connectivity index (χ1v) is 13.2. The third-order valence-electron chi connectivity index (χ3n) is 7.92. The molecular formula is C29H26BrN5O. The number of nitrogens with zero attached hydrogens (tertiary/aromatic N) is 4. The van der Waals surface area contributed by atoms with Crippen LogP contribution in [-0.4, -0.2) is 30.3 Å². The molecular weight excluding hydrogens is 514 g/mol. The minimum absolute atomic E-state index is 0.431. The monoisotopic (exact) mass is 539 g/mol. The smallest absolute Gasteiger partial charge is 0.172 e. The van der Waals surface area contributed by atoms with Crippen LogP contribution in [0.4, 0.5) is 0 Å². The van der Waals surface area contributed by atoms with Crippen LogP contribution in [0, 0.1) is 12.8 Å². The van der Waals surface area contributed by atoms with E-state index in [-0.39, 0.29) is 0 Å². The number of hydrogen-bond donors (Lipinski definition) is 2. The summed E-state index contributed by atoms with van der Waals surface area (Å²) in [5.41, 5.74) is 13.1. The SMILES string of the molecule is Cc1nn2c(ncc3cc(-c4ccccc4)c(-c4ccc([C@]5(N)C[C@](O)(C6CC6)C5)cc4)nc32)c1Br. The largest absolute Gasteiger partial charge is 0.389 e. The van der Waals surface area contributed by atoms with Gasteiger partial charge in [0.2, 0.25) is 0 Å². The Kier molecular flexibility index (Phi) is 4.72. The number of halogens is 1. The van der Waals surface area contributed by atoms with Crippen LogP contribution in [0.25, 0.3) is 39.1 Å². The van der Waals surface area contributed by atoms with Gasteiger partial charge < -0.3 is 10.8 Å². The van der Waals surface area contributed by atoms with E-state index in [1.54, 1.807) is 0 Å². The number of rotatable bonds is 4. The van der Waals surface area contributed by atoms with E-state index in [2.05, 4.69) is 68.5 Å². The van der Waals surface area contributed by atoms with Crippen LogP contribution in [0.3, 0.4) is 0 Å². The quantitative estimate of drug-likeness (QED) is 0.302. The second-order valence-corrected chi connectivity index (χ2v) is 11.3. The highest BCUT2D eigenvalue weighted by atomic mass is 79.9. The minimum atomic E-state index is -0.580. The Bertz CT molecular complexity index is 1630. The molecule has 180 valence electrons. The van der Waals surface area contributed by atoms with Crippen molar-refractivity contribution in [2.24, 2.45) is 11.7 Å². The summed E-state index contributed by atoms with van der Waals surface area (Å²) in [5, 5.41) is 16.4. The van der Waals surface area contributed by atoms with Crippen molar-refractivity contribution < 1.29 is 5.11 Å². The highest BCUT2D eigenvalue weighted by Gasteiger charge is 2.58. The van der Waals surface area contributed by atoms with Crippen LogP contribution >= 0.6 is 15.9 Å². The van der Waals surface area contributed by atoms with E-state index >= 15 is 0 Å². The molecule has 0 bridgehead atoms. The first kappa shape index (κ1) is 22.1. The van der Waals surface area contributed by atoms with Crippen LogP contribution in [0.2, 0.25) is 0 Å². The van der Waals surface area contributed by atoms with Gasteiger partial charge in [0.15, 0.2) is 11.3 Å². The van der Waals surface area contributed by atoms with E-state index in [9.17, 15) is 5.11 Å². The van der Waals surface area contributed by atoms with Crippen molar-refractivity contribution in [1.29, 1.82) is 0 Å². The van der Waals surface area contributed by atoms with E-state index in [0.29, 0.717) is 18.8 Å². The minimum Gasteiger partial charge on any atom is -0.389 e. The zero-order chi connectivity index (χ0) is 24.7. The number of aromatic nitrogens is 4. The zero-order valence-electron chi connectivity index (χ0n) is 19.9. The lowest BCUT2D eigenvalue weighted by molar-refractivity contribution is -0.106. The summed E-state index contributed by atoms with van der Waals surface area (Å²) in [6.07, 6.45) is 5.36. The summed E-state index contributed by atoms with van der Waals surface area (Å²) < 4.78 is 2.69. The lowest BCUT2D eigenvalue weighted by Crippen LogP contribution is -2.60. The molecule has 3 aromatic heterocycles. The van der Waals surface area contributed by atoms with Crippen LogP contribution in [0.1, 0.15) is 36.9 Å². The van der Waals surface area contributed by atoms with Crippen molar-refractivity contribution in [3.8, 4) is 22.4 Å².